The van der Waals surface area contributed by atoms with Gasteiger partial charge in [0.25, 0.3) is 0 Å². The Morgan fingerprint density at radius 1 is 1.13 bits per heavy atom. The van der Waals surface area contributed by atoms with Gasteiger partial charge in [-0.2, -0.15) is 0 Å². The van der Waals surface area contributed by atoms with Crippen LogP contribution >= 0.6 is 11.6 Å². The molecule has 1 N–H and O–H groups in total. The summed E-state index contributed by atoms with van der Waals surface area (Å²) in [6.07, 6.45) is 4.38. The maximum atomic E-state index is 13.0. The van der Waals surface area contributed by atoms with E-state index in [1.54, 1.807) is 19.1 Å². The Labute approximate surface area is 183 Å². The van der Waals surface area contributed by atoms with Crippen molar-refractivity contribution < 1.29 is 17.9 Å². The number of carbonyl (C=O) groups is 1. The van der Waals surface area contributed by atoms with Crippen molar-refractivity contribution in [3.05, 3.63) is 58.1 Å². The van der Waals surface area contributed by atoms with E-state index in [4.69, 9.17) is 16.3 Å². The smallest absolute Gasteiger partial charge is 0.244 e. The number of benzene rings is 2. The minimum absolute atomic E-state index is 0.244. The van der Waals surface area contributed by atoms with Crippen molar-refractivity contribution in [2.24, 2.45) is 0 Å². The Hall–Kier alpha value is -2.25. The number of hydrogen-bond donors (Lipinski definition) is 1. The minimum atomic E-state index is -3.73. The van der Waals surface area contributed by atoms with Crippen LogP contribution in [0.5, 0.6) is 5.75 Å². The molecule has 0 fully saturated rings. The van der Waals surface area contributed by atoms with E-state index in [0.29, 0.717) is 11.4 Å². The van der Waals surface area contributed by atoms with E-state index < -0.39 is 16.1 Å². The normalized spacial score (nSPS) is 15.2. The molecule has 0 bridgehead atoms. The van der Waals surface area contributed by atoms with E-state index in [2.05, 4.69) is 17.4 Å². The summed E-state index contributed by atoms with van der Waals surface area (Å²) in [5.74, 6) is 0.0385. The molecule has 1 amide bonds. The van der Waals surface area contributed by atoms with Gasteiger partial charge in [0.05, 0.1) is 30.1 Å². The molecule has 0 unspecified atom stereocenters. The number of rotatable bonds is 7. The van der Waals surface area contributed by atoms with Crippen molar-refractivity contribution in [3.63, 3.8) is 0 Å². The van der Waals surface area contributed by atoms with Gasteiger partial charge < -0.3 is 10.1 Å². The Morgan fingerprint density at radius 2 is 1.83 bits per heavy atom. The molecule has 2 aromatic carbocycles. The molecule has 0 heterocycles. The molecule has 6 nitrogen and oxygen atoms in total. The lowest BCUT2D eigenvalue weighted by Crippen LogP contribution is -2.48. The van der Waals surface area contributed by atoms with Crippen LogP contribution in [0.2, 0.25) is 5.02 Å². The van der Waals surface area contributed by atoms with Gasteiger partial charge in [0.2, 0.25) is 15.9 Å². The highest BCUT2D eigenvalue weighted by atomic mass is 35.5. The lowest BCUT2D eigenvalue weighted by molar-refractivity contribution is -0.122. The maximum absolute atomic E-state index is 13.0. The van der Waals surface area contributed by atoms with Crippen molar-refractivity contribution >= 4 is 33.2 Å². The van der Waals surface area contributed by atoms with E-state index >= 15 is 0 Å². The van der Waals surface area contributed by atoms with Gasteiger partial charge >= 0.3 is 0 Å². The quantitative estimate of drug-likeness (QED) is 0.694. The van der Waals surface area contributed by atoms with Crippen LogP contribution in [-0.4, -0.2) is 33.7 Å². The van der Waals surface area contributed by atoms with Crippen molar-refractivity contribution in [1.82, 2.24) is 5.32 Å². The van der Waals surface area contributed by atoms with Crippen LogP contribution < -0.4 is 14.4 Å². The standard InChI is InChI=1S/C22H27ClN2O4S/c1-14(17-9-8-16-6-5-7-18(16)12-17)24-22(26)15(2)25(30(4,27)28)19-10-11-21(29-3)20(23)13-19/h8-15H,5-7H2,1-4H3,(H,24,26)/t14-,15-/m0/s1. The van der Waals surface area contributed by atoms with Crippen molar-refractivity contribution in [2.45, 2.75) is 45.2 Å². The van der Waals surface area contributed by atoms with Gasteiger partial charge in [-0.3, -0.25) is 9.10 Å². The van der Waals surface area contributed by atoms with Crippen molar-refractivity contribution in [1.29, 1.82) is 0 Å². The maximum Gasteiger partial charge on any atom is 0.244 e. The highest BCUT2D eigenvalue weighted by molar-refractivity contribution is 7.92. The van der Waals surface area contributed by atoms with Crippen LogP contribution in [0.4, 0.5) is 5.69 Å². The Bertz CT molecular complexity index is 1060. The van der Waals surface area contributed by atoms with Crippen LogP contribution in [-0.2, 0) is 27.7 Å². The van der Waals surface area contributed by atoms with Gasteiger partial charge in [0.15, 0.2) is 0 Å². The number of anilines is 1. The third-order valence-corrected chi connectivity index (χ3v) is 7.00. The zero-order valence-electron chi connectivity index (χ0n) is 17.6. The van der Waals surface area contributed by atoms with Crippen molar-refractivity contribution in [3.8, 4) is 5.75 Å². The highest BCUT2D eigenvalue weighted by Crippen LogP contribution is 2.31. The molecule has 30 heavy (non-hydrogen) atoms. The van der Waals surface area contributed by atoms with Gasteiger partial charge in [0.1, 0.15) is 11.8 Å². The first kappa shape index (κ1) is 22.4. The molecule has 8 heteroatoms. The number of halogens is 1. The highest BCUT2D eigenvalue weighted by Gasteiger charge is 2.30. The van der Waals surface area contributed by atoms with E-state index in [9.17, 15) is 13.2 Å². The van der Waals surface area contributed by atoms with Gasteiger partial charge in [0, 0.05) is 0 Å². The molecule has 1 aliphatic carbocycles. The Balaban J connectivity index is 1.81. The molecule has 0 spiro atoms. The molecule has 1 aliphatic rings. The summed E-state index contributed by atoms with van der Waals surface area (Å²) in [6.45, 7) is 3.46. The van der Waals surface area contributed by atoms with E-state index in [0.717, 1.165) is 35.4 Å². The summed E-state index contributed by atoms with van der Waals surface area (Å²) in [7, 11) is -2.26. The number of hydrogen-bond acceptors (Lipinski definition) is 4. The molecule has 2 aromatic rings. The zero-order valence-corrected chi connectivity index (χ0v) is 19.2. The molecule has 3 rings (SSSR count). The fraction of sp³-hybridized carbons (Fsp3) is 0.409. The largest absolute Gasteiger partial charge is 0.495 e. The van der Waals surface area contributed by atoms with E-state index in [1.165, 1.54) is 24.3 Å². The van der Waals surface area contributed by atoms with Crippen LogP contribution in [0.15, 0.2) is 36.4 Å². The molecule has 0 aliphatic heterocycles. The fourth-order valence-electron chi connectivity index (χ4n) is 3.88. The number of sulfonamides is 1. The first-order valence-corrected chi connectivity index (χ1v) is 12.1. The number of fused-ring (bicyclic) bond motifs is 1. The summed E-state index contributed by atoms with van der Waals surface area (Å²) in [5, 5.41) is 3.21. The van der Waals surface area contributed by atoms with Crippen LogP contribution in [0.3, 0.4) is 0 Å². The molecule has 0 aromatic heterocycles. The van der Waals surface area contributed by atoms with Gasteiger partial charge in [-0.05, 0) is 68.0 Å². The number of amides is 1. The average molecular weight is 451 g/mol. The molecular weight excluding hydrogens is 424 g/mol. The number of nitrogens with zero attached hydrogens (tertiary/aromatic N) is 1. The van der Waals surface area contributed by atoms with Crippen molar-refractivity contribution in [2.75, 3.05) is 17.7 Å². The summed E-state index contributed by atoms with van der Waals surface area (Å²) < 4.78 is 31.2. The first-order valence-electron chi connectivity index (χ1n) is 9.87. The SMILES string of the molecule is COc1ccc(N([C@@H](C)C(=O)N[C@@H](C)c2ccc3c(c2)CCC3)S(C)(=O)=O)cc1Cl. The molecule has 2 atom stereocenters. The number of nitrogens with one attached hydrogen (secondary N) is 1. The van der Waals surface area contributed by atoms with Crippen LogP contribution in [0.25, 0.3) is 0 Å². The average Bonchev–Trinajstić information content (AvgIpc) is 3.14. The topological polar surface area (TPSA) is 75.7 Å². The lowest BCUT2D eigenvalue weighted by atomic mass is 10.0. The van der Waals surface area contributed by atoms with Crippen LogP contribution in [0, 0.1) is 0 Å². The minimum Gasteiger partial charge on any atom is -0.495 e. The molecule has 0 radical (unpaired) electrons. The third-order valence-electron chi connectivity index (χ3n) is 5.46. The third kappa shape index (κ3) is 4.73. The van der Waals surface area contributed by atoms with E-state index in [-0.39, 0.29) is 17.0 Å². The second-order valence-electron chi connectivity index (χ2n) is 7.67. The number of carbonyl (C=O) groups excluding carboxylic acids is 1. The second kappa shape index (κ2) is 8.86. The van der Waals surface area contributed by atoms with E-state index in [1.807, 2.05) is 13.0 Å². The van der Waals surface area contributed by atoms with Gasteiger partial charge in [-0.1, -0.05) is 29.8 Å². The molecule has 162 valence electrons. The summed E-state index contributed by atoms with van der Waals surface area (Å²) in [6, 6.07) is 9.70. The lowest BCUT2D eigenvalue weighted by Gasteiger charge is -2.29. The first-order chi connectivity index (χ1) is 14.1. The Kier molecular flexibility index (Phi) is 6.62. The van der Waals surface area contributed by atoms with Gasteiger partial charge in [-0.25, -0.2) is 8.42 Å². The number of methoxy groups -OCH3 is 1. The molecule has 0 saturated heterocycles. The summed E-state index contributed by atoms with van der Waals surface area (Å²) in [4.78, 5) is 13.0. The fourth-order valence-corrected chi connectivity index (χ4v) is 5.30. The predicted molar refractivity (Wildman–Crippen MR) is 120 cm³/mol. The summed E-state index contributed by atoms with van der Waals surface area (Å²) in [5.41, 5.74) is 4.00. The Morgan fingerprint density at radius 3 is 2.47 bits per heavy atom. The zero-order chi connectivity index (χ0) is 22.1. The van der Waals surface area contributed by atoms with Gasteiger partial charge in [-0.15, -0.1) is 0 Å². The predicted octanol–water partition coefficient (Wildman–Crippen LogP) is 3.87. The second-order valence-corrected chi connectivity index (χ2v) is 9.93. The monoisotopic (exact) mass is 450 g/mol. The number of ether oxygens (including phenoxy) is 1. The van der Waals surface area contributed by atoms with Crippen LogP contribution in [0.1, 0.15) is 43.0 Å². The number of aryl methyl sites for hydroxylation is 2. The molecule has 0 saturated carbocycles. The molecular formula is C22H27ClN2O4S. The summed E-state index contributed by atoms with van der Waals surface area (Å²) >= 11 is 6.17.